The van der Waals surface area contributed by atoms with Crippen molar-refractivity contribution in [3.05, 3.63) is 35.9 Å². The van der Waals surface area contributed by atoms with Gasteiger partial charge in [-0.2, -0.15) is 0 Å². The molecule has 2 atom stereocenters. The van der Waals surface area contributed by atoms with Crippen molar-refractivity contribution in [1.82, 2.24) is 5.32 Å². The van der Waals surface area contributed by atoms with Crippen LogP contribution in [-0.4, -0.2) is 25.1 Å². The number of hydrogen-bond acceptors (Lipinski definition) is 2. The van der Waals surface area contributed by atoms with E-state index in [0.717, 1.165) is 19.6 Å². The molecule has 1 heterocycles. The maximum atomic E-state index is 6.00. The molecule has 1 N–H and O–H groups in total. The molecule has 3 heteroatoms. The third-order valence-electron chi connectivity index (χ3n) is 3.24. The molecule has 1 aliphatic heterocycles. The predicted molar refractivity (Wildman–Crippen MR) is 71.5 cm³/mol. The van der Waals surface area contributed by atoms with Gasteiger partial charge in [0.25, 0.3) is 0 Å². The highest BCUT2D eigenvalue weighted by molar-refractivity contribution is 6.18. The fourth-order valence-corrected chi connectivity index (χ4v) is 2.52. The summed E-state index contributed by atoms with van der Waals surface area (Å²) in [5.74, 6) is 0.607. The Hall–Kier alpha value is -0.570. The van der Waals surface area contributed by atoms with Crippen LogP contribution in [0, 0.1) is 0 Å². The lowest BCUT2D eigenvalue weighted by Gasteiger charge is -2.17. The second-order valence-corrected chi connectivity index (χ2v) is 4.80. The maximum absolute atomic E-state index is 6.00. The quantitative estimate of drug-likeness (QED) is 0.787. The van der Waals surface area contributed by atoms with E-state index >= 15 is 0 Å². The third-order valence-corrected chi connectivity index (χ3v) is 3.55. The summed E-state index contributed by atoms with van der Waals surface area (Å²) in [6.45, 7) is 1.90. The molecular weight excluding hydrogens is 234 g/mol. The van der Waals surface area contributed by atoms with E-state index in [0.29, 0.717) is 12.0 Å². The van der Waals surface area contributed by atoms with Crippen molar-refractivity contribution in [2.75, 3.05) is 19.0 Å². The summed E-state index contributed by atoms with van der Waals surface area (Å²) in [4.78, 5) is 0. The highest BCUT2D eigenvalue weighted by atomic mass is 35.5. The second kappa shape index (κ2) is 7.00. The van der Waals surface area contributed by atoms with Crippen molar-refractivity contribution >= 4 is 11.6 Å². The monoisotopic (exact) mass is 253 g/mol. The van der Waals surface area contributed by atoms with Crippen LogP contribution in [0.5, 0.6) is 0 Å². The van der Waals surface area contributed by atoms with Crippen molar-refractivity contribution in [3.63, 3.8) is 0 Å². The Kier molecular flexibility index (Phi) is 5.30. The van der Waals surface area contributed by atoms with Crippen molar-refractivity contribution < 1.29 is 4.74 Å². The van der Waals surface area contributed by atoms with E-state index in [9.17, 15) is 0 Å². The van der Waals surface area contributed by atoms with E-state index < -0.39 is 0 Å². The molecule has 94 valence electrons. The number of nitrogens with one attached hydrogen (secondary N) is 1. The normalized spacial score (nSPS) is 21.6. The number of rotatable bonds is 6. The lowest BCUT2D eigenvalue weighted by atomic mass is 10.1. The van der Waals surface area contributed by atoms with Crippen LogP contribution in [0.3, 0.4) is 0 Å². The summed E-state index contributed by atoms with van der Waals surface area (Å²) in [5.41, 5.74) is 1.26. The Morgan fingerprint density at radius 3 is 2.82 bits per heavy atom. The summed E-state index contributed by atoms with van der Waals surface area (Å²) >= 11 is 6.00. The van der Waals surface area contributed by atoms with E-state index in [1.54, 1.807) is 0 Å². The number of halogens is 1. The minimum absolute atomic E-state index is 0.249. The van der Waals surface area contributed by atoms with Gasteiger partial charge in [-0.25, -0.2) is 0 Å². The molecule has 0 radical (unpaired) electrons. The first-order valence-electron chi connectivity index (χ1n) is 6.36. The average molecular weight is 254 g/mol. The van der Waals surface area contributed by atoms with Crippen LogP contribution >= 0.6 is 11.6 Å². The summed E-state index contributed by atoms with van der Waals surface area (Å²) in [7, 11) is 0. The maximum Gasteiger partial charge on any atom is 0.0588 e. The zero-order valence-corrected chi connectivity index (χ0v) is 10.8. The fourth-order valence-electron chi connectivity index (χ4n) is 2.24. The van der Waals surface area contributed by atoms with Crippen molar-refractivity contribution in [1.29, 1.82) is 0 Å². The summed E-state index contributed by atoms with van der Waals surface area (Å²) < 4.78 is 5.60. The first kappa shape index (κ1) is 12.9. The lowest BCUT2D eigenvalue weighted by Crippen LogP contribution is -2.26. The van der Waals surface area contributed by atoms with Crippen molar-refractivity contribution in [2.45, 2.75) is 31.4 Å². The predicted octanol–water partition coefficient (Wildman–Crippen LogP) is 3.13. The standard InChI is InChI=1S/C14H20ClNO/c15-11-14(12-5-2-1-3-6-12)16-9-8-13-7-4-10-17-13/h1-3,5-6,13-14,16H,4,7-11H2. The molecule has 1 aromatic rings. The Morgan fingerprint density at radius 2 is 2.18 bits per heavy atom. The van der Waals surface area contributed by atoms with Gasteiger partial charge in [0.15, 0.2) is 0 Å². The van der Waals surface area contributed by atoms with Gasteiger partial charge >= 0.3 is 0 Å². The number of benzene rings is 1. The van der Waals surface area contributed by atoms with Gasteiger partial charge in [0.2, 0.25) is 0 Å². The molecule has 0 saturated carbocycles. The first-order chi connectivity index (χ1) is 8.40. The number of alkyl halides is 1. The zero-order valence-electron chi connectivity index (χ0n) is 10.1. The SMILES string of the molecule is ClCC(NCCC1CCCO1)c1ccccc1. The molecule has 2 unspecified atom stereocenters. The molecule has 1 fully saturated rings. The molecule has 0 aliphatic carbocycles. The average Bonchev–Trinajstić information content (AvgIpc) is 2.89. The molecule has 0 amide bonds. The minimum Gasteiger partial charge on any atom is -0.378 e. The van der Waals surface area contributed by atoms with Gasteiger partial charge in [-0.3, -0.25) is 0 Å². The Labute approximate surface area is 108 Å². The first-order valence-corrected chi connectivity index (χ1v) is 6.89. The van der Waals surface area contributed by atoms with Crippen molar-refractivity contribution in [3.8, 4) is 0 Å². The van der Waals surface area contributed by atoms with Gasteiger partial charge in [-0.1, -0.05) is 30.3 Å². The molecule has 0 bridgehead atoms. The summed E-state index contributed by atoms with van der Waals surface area (Å²) in [6, 6.07) is 10.6. The Morgan fingerprint density at radius 1 is 1.35 bits per heavy atom. The highest BCUT2D eigenvalue weighted by Gasteiger charge is 2.16. The van der Waals surface area contributed by atoms with Crippen LogP contribution in [0.25, 0.3) is 0 Å². The zero-order chi connectivity index (χ0) is 11.9. The van der Waals surface area contributed by atoms with Crippen LogP contribution in [0.2, 0.25) is 0 Å². The van der Waals surface area contributed by atoms with Gasteiger partial charge in [-0.05, 0) is 31.4 Å². The molecule has 1 aromatic carbocycles. The van der Waals surface area contributed by atoms with E-state index in [2.05, 4.69) is 29.6 Å². The fraction of sp³-hybridized carbons (Fsp3) is 0.571. The van der Waals surface area contributed by atoms with Crippen molar-refractivity contribution in [2.24, 2.45) is 0 Å². The second-order valence-electron chi connectivity index (χ2n) is 4.50. The van der Waals surface area contributed by atoms with Crippen LogP contribution in [0.4, 0.5) is 0 Å². The molecule has 1 saturated heterocycles. The van der Waals surface area contributed by atoms with Gasteiger partial charge < -0.3 is 10.1 Å². The van der Waals surface area contributed by atoms with E-state index in [1.807, 2.05) is 6.07 Å². The number of hydrogen-bond donors (Lipinski definition) is 1. The molecule has 0 spiro atoms. The summed E-state index contributed by atoms with van der Waals surface area (Å²) in [6.07, 6.45) is 3.95. The molecule has 17 heavy (non-hydrogen) atoms. The van der Waals surface area contributed by atoms with Gasteiger partial charge in [0.1, 0.15) is 0 Å². The summed E-state index contributed by atoms with van der Waals surface area (Å²) in [5, 5.41) is 3.50. The van der Waals surface area contributed by atoms with Crippen LogP contribution in [-0.2, 0) is 4.74 Å². The Balaban J connectivity index is 1.75. The van der Waals surface area contributed by atoms with Crippen LogP contribution in [0.1, 0.15) is 30.9 Å². The van der Waals surface area contributed by atoms with Gasteiger partial charge in [-0.15, -0.1) is 11.6 Å². The molecule has 2 rings (SSSR count). The van der Waals surface area contributed by atoms with E-state index in [4.69, 9.17) is 16.3 Å². The molecule has 1 aliphatic rings. The van der Waals surface area contributed by atoms with E-state index in [-0.39, 0.29) is 6.04 Å². The van der Waals surface area contributed by atoms with Gasteiger partial charge in [0.05, 0.1) is 6.10 Å². The van der Waals surface area contributed by atoms with E-state index in [1.165, 1.54) is 18.4 Å². The van der Waals surface area contributed by atoms with Gasteiger partial charge in [0, 0.05) is 18.5 Å². The number of ether oxygens (including phenoxy) is 1. The smallest absolute Gasteiger partial charge is 0.0588 e. The Bertz CT molecular complexity index is 311. The molecule has 2 nitrogen and oxygen atoms in total. The third kappa shape index (κ3) is 3.98. The molecule has 0 aromatic heterocycles. The van der Waals surface area contributed by atoms with Crippen LogP contribution < -0.4 is 5.32 Å². The topological polar surface area (TPSA) is 21.3 Å². The highest BCUT2D eigenvalue weighted by Crippen LogP contribution is 2.17. The largest absolute Gasteiger partial charge is 0.378 e. The lowest BCUT2D eigenvalue weighted by molar-refractivity contribution is 0.103. The minimum atomic E-state index is 0.249. The molecular formula is C14H20ClNO. The van der Waals surface area contributed by atoms with Crippen LogP contribution in [0.15, 0.2) is 30.3 Å².